The van der Waals surface area contributed by atoms with Crippen molar-refractivity contribution in [1.82, 2.24) is 0 Å². The van der Waals surface area contributed by atoms with Crippen LogP contribution < -0.4 is 0 Å². The Hall–Kier alpha value is -0.310. The first-order chi connectivity index (χ1) is 5.14. The van der Waals surface area contributed by atoms with E-state index in [0.717, 1.165) is 6.42 Å². The molecule has 0 N–H and O–H groups in total. The largest absolute Gasteiger partial charge is 0.460 e. The number of rotatable bonds is 0. The first-order valence-corrected chi connectivity index (χ1v) is 4.59. The molecule has 1 fully saturated rings. The monoisotopic (exact) mass is 216 g/mol. The van der Waals surface area contributed by atoms with Crippen molar-refractivity contribution in [3.63, 3.8) is 0 Å². The first kappa shape index (κ1) is 7.35. The fourth-order valence-electron chi connectivity index (χ4n) is 1.60. The van der Waals surface area contributed by atoms with Crippen molar-refractivity contribution >= 4 is 21.9 Å². The van der Waals surface area contributed by atoms with Gasteiger partial charge in [-0.3, -0.25) is 4.79 Å². The number of carbonyl (C=O) groups is 1. The molecule has 0 radical (unpaired) electrons. The van der Waals surface area contributed by atoms with Gasteiger partial charge in [-0.25, -0.2) is 0 Å². The summed E-state index contributed by atoms with van der Waals surface area (Å²) in [6.07, 6.45) is 4.86. The number of ether oxygens (including phenoxy) is 1. The Morgan fingerprint density at radius 1 is 1.82 bits per heavy atom. The highest BCUT2D eigenvalue weighted by atomic mass is 79.9. The molecule has 2 bridgehead atoms. The second kappa shape index (κ2) is 2.09. The van der Waals surface area contributed by atoms with Crippen molar-refractivity contribution in [2.24, 2.45) is 5.41 Å². The molecule has 2 nitrogen and oxygen atoms in total. The fourth-order valence-corrected chi connectivity index (χ4v) is 2.26. The molecule has 11 heavy (non-hydrogen) atoms. The van der Waals surface area contributed by atoms with E-state index < -0.39 is 5.41 Å². The lowest BCUT2D eigenvalue weighted by Crippen LogP contribution is -2.32. The van der Waals surface area contributed by atoms with Gasteiger partial charge >= 0.3 is 5.97 Å². The highest BCUT2D eigenvalue weighted by molar-refractivity contribution is 9.09. The Bertz CT molecular complexity index is 236. The van der Waals surface area contributed by atoms with Crippen LogP contribution in [0.3, 0.4) is 0 Å². The SMILES string of the molecule is C[C@]12C=CC[C@H](OC1=O)C2Br. The molecule has 1 heterocycles. The molecule has 3 atom stereocenters. The van der Waals surface area contributed by atoms with Crippen molar-refractivity contribution in [3.8, 4) is 0 Å². The van der Waals surface area contributed by atoms with Crippen molar-refractivity contribution < 1.29 is 9.53 Å². The second-order valence-corrected chi connectivity index (χ2v) is 4.25. The van der Waals surface area contributed by atoms with Gasteiger partial charge in [0.2, 0.25) is 0 Å². The molecular formula is C8H9BrO2. The highest BCUT2D eigenvalue weighted by Gasteiger charge is 2.52. The summed E-state index contributed by atoms with van der Waals surface area (Å²) in [5.74, 6) is -0.0990. The summed E-state index contributed by atoms with van der Waals surface area (Å²) in [6.45, 7) is 1.91. The lowest BCUT2D eigenvalue weighted by atomic mass is 9.82. The summed E-state index contributed by atoms with van der Waals surface area (Å²) < 4.78 is 5.15. The maximum Gasteiger partial charge on any atom is 0.317 e. The lowest BCUT2D eigenvalue weighted by molar-refractivity contribution is -0.145. The van der Waals surface area contributed by atoms with Crippen molar-refractivity contribution in [2.75, 3.05) is 0 Å². The third-order valence-electron chi connectivity index (χ3n) is 2.43. The molecule has 0 aromatic heterocycles. The standard InChI is InChI=1S/C8H9BrO2/c1-8-4-2-3-5(6(8)9)11-7(8)10/h2,4-6H,3H2,1H3/t5-,6?,8+/m0/s1. The summed E-state index contributed by atoms with van der Waals surface area (Å²) in [4.78, 5) is 11.4. The summed E-state index contributed by atoms with van der Waals surface area (Å²) >= 11 is 3.48. The van der Waals surface area contributed by atoms with E-state index in [-0.39, 0.29) is 16.9 Å². The number of alkyl halides is 1. The van der Waals surface area contributed by atoms with Gasteiger partial charge in [-0.05, 0) is 6.92 Å². The van der Waals surface area contributed by atoms with Gasteiger partial charge in [0.15, 0.2) is 0 Å². The predicted molar refractivity (Wildman–Crippen MR) is 44.5 cm³/mol. The first-order valence-electron chi connectivity index (χ1n) is 3.67. The van der Waals surface area contributed by atoms with E-state index in [4.69, 9.17) is 4.74 Å². The van der Waals surface area contributed by atoms with Crippen molar-refractivity contribution in [1.29, 1.82) is 0 Å². The highest BCUT2D eigenvalue weighted by Crippen LogP contribution is 2.44. The van der Waals surface area contributed by atoms with Gasteiger partial charge in [-0.1, -0.05) is 28.1 Å². The quantitative estimate of drug-likeness (QED) is 0.350. The Labute approximate surface area is 73.7 Å². The molecule has 0 saturated carbocycles. The molecule has 2 aliphatic rings. The van der Waals surface area contributed by atoms with Crippen LogP contribution >= 0.6 is 15.9 Å². The fraction of sp³-hybridized carbons (Fsp3) is 0.625. The van der Waals surface area contributed by atoms with Gasteiger partial charge in [0, 0.05) is 6.42 Å². The zero-order valence-corrected chi connectivity index (χ0v) is 7.80. The molecule has 1 unspecified atom stereocenters. The van der Waals surface area contributed by atoms with Crippen LogP contribution in [0.1, 0.15) is 13.3 Å². The van der Waals surface area contributed by atoms with Crippen LogP contribution in [0.2, 0.25) is 0 Å². The lowest BCUT2D eigenvalue weighted by Gasteiger charge is -2.23. The molecule has 1 aliphatic heterocycles. The number of hydrogen-bond donors (Lipinski definition) is 0. The average molecular weight is 217 g/mol. The summed E-state index contributed by atoms with van der Waals surface area (Å²) in [5.41, 5.74) is -0.414. The van der Waals surface area contributed by atoms with Crippen LogP contribution in [0.5, 0.6) is 0 Å². The van der Waals surface area contributed by atoms with Gasteiger partial charge in [0.05, 0.1) is 10.2 Å². The molecule has 0 aromatic carbocycles. The van der Waals surface area contributed by atoms with E-state index in [1.807, 2.05) is 19.1 Å². The third kappa shape index (κ3) is 0.804. The molecule has 1 saturated heterocycles. The Kier molecular flexibility index (Phi) is 1.40. The second-order valence-electron chi connectivity index (χ2n) is 3.27. The van der Waals surface area contributed by atoms with Crippen LogP contribution in [0.25, 0.3) is 0 Å². The van der Waals surface area contributed by atoms with Crippen LogP contribution in [0.4, 0.5) is 0 Å². The molecule has 0 spiro atoms. The average Bonchev–Trinajstić information content (AvgIpc) is 2.16. The maximum absolute atomic E-state index is 11.3. The minimum Gasteiger partial charge on any atom is -0.460 e. The summed E-state index contributed by atoms with van der Waals surface area (Å²) in [7, 11) is 0. The van der Waals surface area contributed by atoms with E-state index >= 15 is 0 Å². The van der Waals surface area contributed by atoms with Crippen LogP contribution in [0.15, 0.2) is 12.2 Å². The number of esters is 1. The Morgan fingerprint density at radius 2 is 2.55 bits per heavy atom. The van der Waals surface area contributed by atoms with Crippen LogP contribution in [0, 0.1) is 5.41 Å². The molecular weight excluding hydrogens is 208 g/mol. The van der Waals surface area contributed by atoms with E-state index in [1.165, 1.54) is 0 Å². The Morgan fingerprint density at radius 3 is 3.09 bits per heavy atom. The topological polar surface area (TPSA) is 26.3 Å². The van der Waals surface area contributed by atoms with Gasteiger partial charge in [-0.2, -0.15) is 0 Å². The minimum atomic E-state index is -0.414. The Balaban J connectivity index is 2.45. The molecule has 2 rings (SSSR count). The predicted octanol–water partition coefficient (Wildman–Crippen LogP) is 1.64. The van der Waals surface area contributed by atoms with Crippen LogP contribution in [-0.2, 0) is 9.53 Å². The van der Waals surface area contributed by atoms with E-state index in [2.05, 4.69) is 15.9 Å². The van der Waals surface area contributed by atoms with E-state index in [9.17, 15) is 4.79 Å². The number of hydrogen-bond acceptors (Lipinski definition) is 2. The number of fused-ring (bicyclic) bond motifs is 2. The van der Waals surface area contributed by atoms with Gasteiger partial charge in [0.25, 0.3) is 0 Å². The van der Waals surface area contributed by atoms with Gasteiger partial charge in [-0.15, -0.1) is 0 Å². The summed E-state index contributed by atoms with van der Waals surface area (Å²) in [6, 6.07) is 0. The smallest absolute Gasteiger partial charge is 0.317 e. The molecule has 0 amide bonds. The minimum absolute atomic E-state index is 0.0532. The van der Waals surface area contributed by atoms with E-state index in [0.29, 0.717) is 0 Å². The van der Waals surface area contributed by atoms with Crippen LogP contribution in [-0.4, -0.2) is 16.9 Å². The molecule has 60 valence electrons. The van der Waals surface area contributed by atoms with Crippen molar-refractivity contribution in [3.05, 3.63) is 12.2 Å². The third-order valence-corrected chi connectivity index (χ3v) is 3.97. The maximum atomic E-state index is 11.3. The number of halogens is 1. The molecule has 1 aliphatic carbocycles. The molecule has 0 aromatic rings. The number of carbonyl (C=O) groups excluding carboxylic acids is 1. The van der Waals surface area contributed by atoms with E-state index in [1.54, 1.807) is 0 Å². The zero-order valence-electron chi connectivity index (χ0n) is 6.21. The summed E-state index contributed by atoms with van der Waals surface area (Å²) in [5, 5.41) is 0. The van der Waals surface area contributed by atoms with Gasteiger partial charge in [0.1, 0.15) is 6.10 Å². The zero-order chi connectivity index (χ0) is 8.06. The molecule has 3 heteroatoms. The van der Waals surface area contributed by atoms with Crippen molar-refractivity contribution in [2.45, 2.75) is 24.3 Å². The van der Waals surface area contributed by atoms with Gasteiger partial charge < -0.3 is 4.74 Å². The normalized spacial score (nSPS) is 47.6.